The number of hydrogen-bond acceptors (Lipinski definition) is 5. The van der Waals surface area contributed by atoms with E-state index in [4.69, 9.17) is 19.9 Å². The third-order valence-corrected chi connectivity index (χ3v) is 3.54. The molecule has 0 radical (unpaired) electrons. The summed E-state index contributed by atoms with van der Waals surface area (Å²) < 4.78 is 18.5. The van der Waals surface area contributed by atoms with Crippen LogP contribution >= 0.6 is 0 Å². The van der Waals surface area contributed by atoms with Crippen LogP contribution in [-0.2, 0) is 26.6 Å². The lowest BCUT2D eigenvalue weighted by atomic mass is 10.2. The van der Waals surface area contributed by atoms with Gasteiger partial charge in [0.25, 0.3) is 0 Å². The van der Waals surface area contributed by atoms with Crippen molar-refractivity contribution < 1.29 is 14.2 Å². The molecule has 6 heteroatoms. The monoisotopic (exact) mass is 289 g/mol. The number of benzene rings is 1. The van der Waals surface area contributed by atoms with Gasteiger partial charge in [0.05, 0.1) is 11.4 Å². The lowest BCUT2D eigenvalue weighted by Crippen LogP contribution is -2.06. The number of ether oxygens (including phenoxy) is 3. The van der Waals surface area contributed by atoms with E-state index in [0.717, 1.165) is 34.9 Å². The summed E-state index contributed by atoms with van der Waals surface area (Å²) in [4.78, 5) is 0. The zero-order valence-electron chi connectivity index (χ0n) is 12.3. The predicted octanol–water partition coefficient (Wildman–Crippen LogP) is 1.75. The maximum atomic E-state index is 5.90. The van der Waals surface area contributed by atoms with Crippen molar-refractivity contribution in [2.24, 2.45) is 12.8 Å². The Bertz CT molecular complexity index is 652. The molecule has 2 heterocycles. The van der Waals surface area contributed by atoms with E-state index in [9.17, 15) is 0 Å². The van der Waals surface area contributed by atoms with Crippen LogP contribution in [0.4, 0.5) is 0 Å². The highest BCUT2D eigenvalue weighted by Gasteiger charge is 2.18. The average molecular weight is 289 g/mol. The van der Waals surface area contributed by atoms with Gasteiger partial charge in [0.1, 0.15) is 12.4 Å². The van der Waals surface area contributed by atoms with E-state index in [1.165, 1.54) is 0 Å². The molecule has 3 rings (SSSR count). The van der Waals surface area contributed by atoms with E-state index in [1.54, 1.807) is 0 Å². The molecule has 0 fully saturated rings. The van der Waals surface area contributed by atoms with Crippen LogP contribution in [-0.4, -0.2) is 16.6 Å². The Kier molecular flexibility index (Phi) is 3.70. The molecular weight excluding hydrogens is 270 g/mol. The topological polar surface area (TPSA) is 71.5 Å². The number of nitrogens with zero attached hydrogens (tertiary/aromatic N) is 2. The van der Waals surface area contributed by atoms with Crippen molar-refractivity contribution in [1.82, 2.24) is 9.78 Å². The van der Waals surface area contributed by atoms with Gasteiger partial charge in [0.15, 0.2) is 11.5 Å². The molecule has 0 saturated carbocycles. The van der Waals surface area contributed by atoms with Gasteiger partial charge in [-0.25, -0.2) is 0 Å². The Hall–Kier alpha value is -2.21. The van der Waals surface area contributed by atoms with Gasteiger partial charge in [-0.3, -0.25) is 4.68 Å². The number of hydrogen-bond donors (Lipinski definition) is 1. The smallest absolute Gasteiger partial charge is 0.231 e. The van der Waals surface area contributed by atoms with Crippen molar-refractivity contribution in [3.63, 3.8) is 0 Å². The molecule has 0 saturated heterocycles. The van der Waals surface area contributed by atoms with Crippen LogP contribution in [0.2, 0.25) is 0 Å². The zero-order valence-corrected chi connectivity index (χ0v) is 12.3. The lowest BCUT2D eigenvalue weighted by molar-refractivity contribution is 0.173. The van der Waals surface area contributed by atoms with Crippen LogP contribution in [0.5, 0.6) is 17.2 Å². The minimum atomic E-state index is 0.240. The second-order valence-electron chi connectivity index (χ2n) is 4.91. The standard InChI is InChI=1S/C15H19N3O3/c1-3-11-5-12(18(2)17-11)8-19-13-6-15-14(20-9-21-15)4-10(13)7-16/h4-6H,3,7-9,16H2,1-2H3. The maximum Gasteiger partial charge on any atom is 0.231 e. The summed E-state index contributed by atoms with van der Waals surface area (Å²) in [6, 6.07) is 5.76. The Morgan fingerprint density at radius 2 is 2.05 bits per heavy atom. The van der Waals surface area contributed by atoms with Gasteiger partial charge in [-0.15, -0.1) is 0 Å². The van der Waals surface area contributed by atoms with Crippen molar-refractivity contribution in [1.29, 1.82) is 0 Å². The van der Waals surface area contributed by atoms with Crippen LogP contribution in [0.3, 0.4) is 0 Å². The highest BCUT2D eigenvalue weighted by molar-refractivity contribution is 5.51. The molecule has 0 amide bonds. The van der Waals surface area contributed by atoms with E-state index >= 15 is 0 Å². The summed E-state index contributed by atoms with van der Waals surface area (Å²) >= 11 is 0. The Morgan fingerprint density at radius 1 is 1.29 bits per heavy atom. The van der Waals surface area contributed by atoms with Gasteiger partial charge in [0, 0.05) is 25.2 Å². The van der Waals surface area contributed by atoms with Crippen LogP contribution in [0, 0.1) is 0 Å². The van der Waals surface area contributed by atoms with Crippen molar-refractivity contribution in [3.8, 4) is 17.2 Å². The number of fused-ring (bicyclic) bond motifs is 1. The molecule has 21 heavy (non-hydrogen) atoms. The van der Waals surface area contributed by atoms with E-state index in [0.29, 0.717) is 18.9 Å². The predicted molar refractivity (Wildman–Crippen MR) is 77.4 cm³/mol. The molecule has 0 atom stereocenters. The van der Waals surface area contributed by atoms with E-state index in [2.05, 4.69) is 18.1 Å². The van der Waals surface area contributed by atoms with E-state index < -0.39 is 0 Å². The summed E-state index contributed by atoms with van der Waals surface area (Å²) in [5, 5.41) is 4.41. The molecule has 1 aromatic heterocycles. The average Bonchev–Trinajstić information content (AvgIpc) is 3.09. The van der Waals surface area contributed by atoms with Crippen molar-refractivity contribution in [2.45, 2.75) is 26.5 Å². The van der Waals surface area contributed by atoms with E-state index in [-0.39, 0.29) is 6.79 Å². The highest BCUT2D eigenvalue weighted by Crippen LogP contribution is 2.38. The fraction of sp³-hybridized carbons (Fsp3) is 0.400. The number of nitrogens with two attached hydrogens (primary N) is 1. The minimum Gasteiger partial charge on any atom is -0.487 e. The van der Waals surface area contributed by atoms with Crippen molar-refractivity contribution in [2.75, 3.05) is 6.79 Å². The van der Waals surface area contributed by atoms with Gasteiger partial charge in [-0.05, 0) is 18.6 Å². The third kappa shape index (κ3) is 2.67. The second-order valence-corrected chi connectivity index (χ2v) is 4.91. The van der Waals surface area contributed by atoms with Crippen LogP contribution < -0.4 is 19.9 Å². The minimum absolute atomic E-state index is 0.240. The first-order chi connectivity index (χ1) is 10.2. The molecule has 6 nitrogen and oxygen atoms in total. The molecule has 112 valence electrons. The summed E-state index contributed by atoms with van der Waals surface area (Å²) in [5.41, 5.74) is 8.75. The van der Waals surface area contributed by atoms with Crippen molar-refractivity contribution in [3.05, 3.63) is 35.2 Å². The molecular formula is C15H19N3O3. The quantitative estimate of drug-likeness (QED) is 0.908. The first-order valence-corrected chi connectivity index (χ1v) is 6.98. The second kappa shape index (κ2) is 5.65. The first-order valence-electron chi connectivity index (χ1n) is 6.98. The molecule has 1 aliphatic rings. The van der Waals surface area contributed by atoms with E-state index in [1.807, 2.05) is 23.9 Å². The normalized spacial score (nSPS) is 12.7. The highest BCUT2D eigenvalue weighted by atomic mass is 16.7. The van der Waals surface area contributed by atoms with Crippen LogP contribution in [0.15, 0.2) is 18.2 Å². The van der Waals surface area contributed by atoms with Gasteiger partial charge in [-0.1, -0.05) is 6.92 Å². The van der Waals surface area contributed by atoms with Gasteiger partial charge in [-0.2, -0.15) is 5.10 Å². The van der Waals surface area contributed by atoms with Gasteiger partial charge < -0.3 is 19.9 Å². The molecule has 1 aliphatic heterocycles. The summed E-state index contributed by atoms with van der Waals surface area (Å²) in [7, 11) is 1.92. The van der Waals surface area contributed by atoms with Gasteiger partial charge >= 0.3 is 0 Å². The number of aryl methyl sites for hydroxylation is 2. The van der Waals surface area contributed by atoms with Crippen LogP contribution in [0.1, 0.15) is 23.9 Å². The molecule has 0 spiro atoms. The Balaban J connectivity index is 1.79. The molecule has 2 aromatic rings. The fourth-order valence-corrected chi connectivity index (χ4v) is 2.29. The van der Waals surface area contributed by atoms with Gasteiger partial charge in [0.2, 0.25) is 6.79 Å². The Morgan fingerprint density at radius 3 is 2.71 bits per heavy atom. The number of rotatable bonds is 5. The molecule has 0 unspecified atom stereocenters. The summed E-state index contributed by atoms with van der Waals surface area (Å²) in [6.07, 6.45) is 0.909. The Labute approximate surface area is 123 Å². The third-order valence-electron chi connectivity index (χ3n) is 3.54. The lowest BCUT2D eigenvalue weighted by Gasteiger charge is -2.11. The number of aromatic nitrogens is 2. The maximum absolute atomic E-state index is 5.90. The molecule has 0 aliphatic carbocycles. The first kappa shape index (κ1) is 13.8. The molecule has 1 aromatic carbocycles. The summed E-state index contributed by atoms with van der Waals surface area (Å²) in [5.74, 6) is 2.14. The largest absolute Gasteiger partial charge is 0.487 e. The summed E-state index contributed by atoms with van der Waals surface area (Å²) in [6.45, 7) is 3.15. The zero-order chi connectivity index (χ0) is 14.8. The molecule has 2 N–H and O–H groups in total. The SMILES string of the molecule is CCc1cc(COc2cc3c(cc2CN)OCO3)n(C)n1. The molecule has 0 bridgehead atoms. The van der Waals surface area contributed by atoms with Crippen molar-refractivity contribution >= 4 is 0 Å². The fourth-order valence-electron chi connectivity index (χ4n) is 2.29. The van der Waals surface area contributed by atoms with Crippen LogP contribution in [0.25, 0.3) is 0 Å².